The van der Waals surface area contributed by atoms with Crippen LogP contribution in [0.4, 0.5) is 13.2 Å². The van der Waals surface area contributed by atoms with Gasteiger partial charge >= 0.3 is 12.1 Å². The van der Waals surface area contributed by atoms with Crippen LogP contribution in [-0.4, -0.2) is 24.3 Å². The van der Waals surface area contributed by atoms with E-state index >= 15 is 0 Å². The van der Waals surface area contributed by atoms with Crippen LogP contribution >= 0.6 is 0 Å². The Morgan fingerprint density at radius 3 is 2.21 bits per heavy atom. The molecule has 2 aromatic carbocycles. The quantitative estimate of drug-likeness (QED) is 0.697. The molecule has 148 valence electrons. The first kappa shape index (κ1) is 19.7. The van der Waals surface area contributed by atoms with E-state index < -0.39 is 33.4 Å². The third-order valence-corrected chi connectivity index (χ3v) is 5.66. The molecule has 0 atom stereocenters. The number of nitrogens with one attached hydrogen (secondary N) is 1. The van der Waals surface area contributed by atoms with E-state index in [1.165, 1.54) is 28.8 Å². The number of aromatic amines is 1. The molecule has 0 saturated carbocycles. The normalized spacial score (nSPS) is 12.1. The first-order valence-electron chi connectivity index (χ1n) is 8.01. The molecule has 0 aliphatic heterocycles. The average Bonchev–Trinajstić information content (AvgIpc) is 2.88. The van der Waals surface area contributed by atoms with Crippen LogP contribution in [0.3, 0.4) is 0 Å². The molecule has 6 nitrogen and oxygen atoms in total. The van der Waals surface area contributed by atoms with Gasteiger partial charge in [-0.25, -0.2) is 13.2 Å². The van der Waals surface area contributed by atoms with Crippen molar-refractivity contribution in [3.8, 4) is 11.4 Å². The van der Waals surface area contributed by atoms with Gasteiger partial charge in [0, 0.05) is 5.69 Å². The zero-order valence-electron chi connectivity index (χ0n) is 14.5. The highest BCUT2D eigenvalue weighted by Gasteiger charge is 2.31. The number of sulfone groups is 1. The van der Waals surface area contributed by atoms with Crippen LogP contribution in [0.15, 0.2) is 64.3 Å². The van der Waals surface area contributed by atoms with Crippen molar-refractivity contribution < 1.29 is 26.3 Å². The van der Waals surface area contributed by atoms with Crippen molar-refractivity contribution in [2.75, 3.05) is 0 Å². The lowest BCUT2D eigenvalue weighted by Crippen LogP contribution is -2.18. The summed E-state index contributed by atoms with van der Waals surface area (Å²) in [6.45, 7) is 1.55. The van der Waals surface area contributed by atoms with Crippen molar-refractivity contribution in [1.82, 2.24) is 9.55 Å². The van der Waals surface area contributed by atoms with Gasteiger partial charge in [0.15, 0.2) is 9.84 Å². The zero-order chi connectivity index (χ0) is 20.5. The number of benzene rings is 2. The van der Waals surface area contributed by atoms with E-state index in [-0.39, 0.29) is 16.3 Å². The standard InChI is InChI=1S/C18H15F3N2O4S/c1-12-16(11-28(25,26)15-5-3-2-4-6-15)22-17(24)23(12)13-7-9-14(10-8-13)27-18(19,20)21/h2-10H,11H2,1H3,(H,22,24). The van der Waals surface area contributed by atoms with Gasteiger partial charge in [0.05, 0.1) is 22.0 Å². The van der Waals surface area contributed by atoms with E-state index in [0.29, 0.717) is 5.69 Å². The molecular weight excluding hydrogens is 397 g/mol. The van der Waals surface area contributed by atoms with Crippen LogP contribution in [-0.2, 0) is 15.6 Å². The minimum absolute atomic E-state index is 0.122. The molecule has 0 bridgehead atoms. The predicted octanol–water partition coefficient (Wildman–Crippen LogP) is 3.35. The Bertz CT molecular complexity index is 1130. The van der Waals surface area contributed by atoms with Gasteiger partial charge in [-0.05, 0) is 43.3 Å². The van der Waals surface area contributed by atoms with Crippen LogP contribution in [0.25, 0.3) is 5.69 Å². The Hall–Kier alpha value is -3.01. The number of rotatable bonds is 5. The van der Waals surface area contributed by atoms with E-state index in [9.17, 15) is 26.4 Å². The second-order valence-corrected chi connectivity index (χ2v) is 7.93. The smallest absolute Gasteiger partial charge is 0.406 e. The topological polar surface area (TPSA) is 81.2 Å². The number of halogens is 3. The Morgan fingerprint density at radius 2 is 1.64 bits per heavy atom. The third-order valence-electron chi connectivity index (χ3n) is 4.00. The maximum atomic E-state index is 12.5. The van der Waals surface area contributed by atoms with Gasteiger partial charge in [0.1, 0.15) is 5.75 Å². The number of H-pyrrole nitrogens is 1. The SMILES string of the molecule is Cc1c(CS(=O)(=O)c2ccccc2)[nH]c(=O)n1-c1ccc(OC(F)(F)F)cc1. The molecule has 0 aliphatic rings. The van der Waals surface area contributed by atoms with E-state index in [1.807, 2.05) is 0 Å². The largest absolute Gasteiger partial charge is 0.573 e. The molecule has 3 rings (SSSR count). The number of imidazole rings is 1. The van der Waals surface area contributed by atoms with Crippen molar-refractivity contribution in [2.24, 2.45) is 0 Å². The minimum Gasteiger partial charge on any atom is -0.406 e. The van der Waals surface area contributed by atoms with Crippen LogP contribution < -0.4 is 10.4 Å². The highest BCUT2D eigenvalue weighted by atomic mass is 32.2. The molecule has 1 aromatic heterocycles. The summed E-state index contributed by atoms with van der Waals surface area (Å²) in [5.74, 6) is -0.843. The first-order chi connectivity index (χ1) is 13.1. The van der Waals surface area contributed by atoms with E-state index in [2.05, 4.69) is 9.72 Å². The molecule has 0 aliphatic carbocycles. The molecule has 0 saturated heterocycles. The van der Waals surface area contributed by atoms with Gasteiger partial charge in [-0.1, -0.05) is 18.2 Å². The van der Waals surface area contributed by atoms with Crippen LogP contribution in [0, 0.1) is 6.92 Å². The second kappa shape index (κ2) is 7.19. The second-order valence-electron chi connectivity index (χ2n) is 5.94. The van der Waals surface area contributed by atoms with E-state index in [0.717, 1.165) is 12.1 Å². The lowest BCUT2D eigenvalue weighted by atomic mass is 10.3. The average molecular weight is 412 g/mol. The molecule has 0 radical (unpaired) electrons. The summed E-state index contributed by atoms with van der Waals surface area (Å²) in [7, 11) is -3.68. The fraction of sp³-hybridized carbons (Fsp3) is 0.167. The molecular formula is C18H15F3N2O4S. The van der Waals surface area contributed by atoms with Gasteiger partial charge in [0.2, 0.25) is 0 Å². The monoisotopic (exact) mass is 412 g/mol. The number of ether oxygens (including phenoxy) is 1. The molecule has 1 N–H and O–H groups in total. The summed E-state index contributed by atoms with van der Waals surface area (Å²) in [5, 5.41) is 0. The molecule has 0 amide bonds. The van der Waals surface area contributed by atoms with Crippen molar-refractivity contribution in [3.63, 3.8) is 0 Å². The fourth-order valence-corrected chi connectivity index (χ4v) is 4.11. The molecule has 0 unspecified atom stereocenters. The number of nitrogens with zero attached hydrogens (tertiary/aromatic N) is 1. The van der Waals surface area contributed by atoms with Crippen molar-refractivity contribution in [3.05, 3.63) is 76.5 Å². The summed E-state index contributed by atoms with van der Waals surface area (Å²) in [5.41, 5.74) is 0.218. The van der Waals surface area contributed by atoms with Gasteiger partial charge in [-0.15, -0.1) is 13.2 Å². The van der Waals surface area contributed by atoms with Gasteiger partial charge in [-0.2, -0.15) is 0 Å². The maximum Gasteiger partial charge on any atom is 0.573 e. The first-order valence-corrected chi connectivity index (χ1v) is 9.66. The molecule has 0 spiro atoms. The molecule has 3 aromatic rings. The maximum absolute atomic E-state index is 12.5. The summed E-state index contributed by atoms with van der Waals surface area (Å²) in [6, 6.07) is 12.5. The lowest BCUT2D eigenvalue weighted by molar-refractivity contribution is -0.274. The Morgan fingerprint density at radius 1 is 1.04 bits per heavy atom. The van der Waals surface area contributed by atoms with Crippen LogP contribution in [0.1, 0.15) is 11.4 Å². The van der Waals surface area contributed by atoms with E-state index in [1.54, 1.807) is 25.1 Å². The van der Waals surface area contributed by atoms with Crippen LogP contribution in [0.5, 0.6) is 5.75 Å². The van der Waals surface area contributed by atoms with Crippen LogP contribution in [0.2, 0.25) is 0 Å². The van der Waals surface area contributed by atoms with Gasteiger partial charge in [-0.3, -0.25) is 4.57 Å². The van der Waals surface area contributed by atoms with Gasteiger partial charge < -0.3 is 9.72 Å². The van der Waals surface area contributed by atoms with Gasteiger partial charge in [0.25, 0.3) is 0 Å². The summed E-state index contributed by atoms with van der Waals surface area (Å²) in [4.78, 5) is 14.9. The highest BCUT2D eigenvalue weighted by Crippen LogP contribution is 2.24. The number of hydrogen-bond acceptors (Lipinski definition) is 4. The minimum atomic E-state index is -4.82. The molecule has 1 heterocycles. The Balaban J connectivity index is 1.91. The molecule has 0 fully saturated rings. The number of alkyl halides is 3. The zero-order valence-corrected chi connectivity index (χ0v) is 15.3. The van der Waals surface area contributed by atoms with Crippen molar-refractivity contribution in [1.29, 1.82) is 0 Å². The predicted molar refractivity (Wildman–Crippen MR) is 95.1 cm³/mol. The molecule has 28 heavy (non-hydrogen) atoms. The lowest BCUT2D eigenvalue weighted by Gasteiger charge is -2.10. The fourth-order valence-electron chi connectivity index (χ4n) is 2.71. The Kier molecular flexibility index (Phi) is 5.07. The highest BCUT2D eigenvalue weighted by molar-refractivity contribution is 7.90. The van der Waals surface area contributed by atoms with E-state index in [4.69, 9.17) is 0 Å². The summed E-state index contributed by atoms with van der Waals surface area (Å²) < 4.78 is 66.8. The third kappa shape index (κ3) is 4.28. The van der Waals surface area contributed by atoms with Crippen molar-refractivity contribution >= 4 is 9.84 Å². The Labute approximate surface area is 158 Å². The molecule has 10 heteroatoms. The summed E-state index contributed by atoms with van der Waals surface area (Å²) >= 11 is 0. The number of hydrogen-bond donors (Lipinski definition) is 1. The summed E-state index contributed by atoms with van der Waals surface area (Å²) in [6.07, 6.45) is -4.82. The number of aromatic nitrogens is 2. The van der Waals surface area contributed by atoms with Crippen molar-refractivity contribution in [2.45, 2.75) is 23.9 Å².